The summed E-state index contributed by atoms with van der Waals surface area (Å²) in [6, 6.07) is 15.9. The van der Waals surface area contributed by atoms with Crippen molar-refractivity contribution in [2.24, 2.45) is 0 Å². The molecule has 3 N–H and O–H groups in total. The SMILES string of the molecule is N#Cc1c(CCCNC(=O)Cc2cccc(C(F)(F)F)c2)nn(-c2ccccc2)c1N. The van der Waals surface area contributed by atoms with E-state index in [4.69, 9.17) is 5.73 Å². The molecule has 1 heterocycles. The number of hydrogen-bond acceptors (Lipinski definition) is 4. The number of nitrogens with zero attached hydrogens (tertiary/aromatic N) is 3. The molecule has 0 bridgehead atoms. The fourth-order valence-electron chi connectivity index (χ4n) is 3.13. The molecule has 0 aliphatic carbocycles. The van der Waals surface area contributed by atoms with Gasteiger partial charge in [0, 0.05) is 6.54 Å². The Morgan fingerprint density at radius 2 is 1.90 bits per heavy atom. The Hall–Kier alpha value is -3.80. The Labute approximate surface area is 177 Å². The van der Waals surface area contributed by atoms with Gasteiger partial charge in [0.25, 0.3) is 0 Å². The van der Waals surface area contributed by atoms with Gasteiger partial charge >= 0.3 is 6.18 Å². The number of aromatic nitrogens is 2. The van der Waals surface area contributed by atoms with Gasteiger partial charge in [-0.05, 0) is 36.6 Å². The lowest BCUT2D eigenvalue weighted by Crippen LogP contribution is -2.26. The normalized spacial score (nSPS) is 11.2. The Bertz CT molecular complexity index is 1100. The fraction of sp³-hybridized carbons (Fsp3) is 0.227. The number of benzene rings is 2. The number of nitrogen functional groups attached to an aromatic ring is 1. The van der Waals surface area contributed by atoms with Crippen LogP contribution in [0.1, 0.15) is 28.8 Å². The largest absolute Gasteiger partial charge is 0.416 e. The summed E-state index contributed by atoms with van der Waals surface area (Å²) in [5.74, 6) is -0.133. The van der Waals surface area contributed by atoms with Crippen molar-refractivity contribution >= 4 is 11.7 Å². The maximum atomic E-state index is 12.8. The molecule has 0 saturated carbocycles. The summed E-state index contributed by atoms with van der Waals surface area (Å²) in [5.41, 5.74) is 7.11. The zero-order valence-electron chi connectivity index (χ0n) is 16.5. The smallest absolute Gasteiger partial charge is 0.382 e. The summed E-state index contributed by atoms with van der Waals surface area (Å²) in [6.07, 6.45) is -3.69. The topological polar surface area (TPSA) is 96.7 Å². The number of nitriles is 1. The second-order valence-electron chi connectivity index (χ2n) is 6.89. The summed E-state index contributed by atoms with van der Waals surface area (Å²) >= 11 is 0. The molecule has 0 aliphatic rings. The van der Waals surface area contributed by atoms with E-state index in [1.54, 1.807) is 0 Å². The van der Waals surface area contributed by atoms with Crippen LogP contribution in [0.15, 0.2) is 54.6 Å². The standard InChI is InChI=1S/C22H20F3N5O/c23-22(24,25)16-7-4-6-15(12-16)13-20(31)28-11-5-10-19-18(14-26)21(27)30(29-19)17-8-2-1-3-9-17/h1-4,6-9,12H,5,10-11,13,27H2,(H,28,31). The van der Waals surface area contributed by atoms with Crippen LogP contribution in [0, 0.1) is 11.3 Å². The summed E-state index contributed by atoms with van der Waals surface area (Å²) in [4.78, 5) is 12.1. The molecule has 0 unspecified atom stereocenters. The van der Waals surface area contributed by atoms with E-state index in [0.717, 1.165) is 17.8 Å². The van der Waals surface area contributed by atoms with Crippen molar-refractivity contribution in [3.63, 3.8) is 0 Å². The third-order valence-corrected chi connectivity index (χ3v) is 4.64. The lowest BCUT2D eigenvalue weighted by atomic mass is 10.1. The first-order chi connectivity index (χ1) is 14.8. The Balaban J connectivity index is 1.55. The van der Waals surface area contributed by atoms with E-state index in [0.29, 0.717) is 30.6 Å². The first-order valence-electron chi connectivity index (χ1n) is 9.55. The number of carbonyl (C=O) groups excluding carboxylic acids is 1. The average Bonchev–Trinajstić information content (AvgIpc) is 3.06. The number of rotatable bonds is 7. The number of anilines is 1. The quantitative estimate of drug-likeness (QED) is 0.563. The first kappa shape index (κ1) is 21.9. The molecular weight excluding hydrogens is 407 g/mol. The number of nitrogens with two attached hydrogens (primary N) is 1. The molecule has 160 valence electrons. The minimum atomic E-state index is -4.45. The maximum Gasteiger partial charge on any atom is 0.416 e. The van der Waals surface area contributed by atoms with Crippen LogP contribution in [0.5, 0.6) is 0 Å². The van der Waals surface area contributed by atoms with Crippen molar-refractivity contribution in [3.05, 3.63) is 77.0 Å². The minimum absolute atomic E-state index is 0.150. The van der Waals surface area contributed by atoms with Crippen LogP contribution in [-0.4, -0.2) is 22.2 Å². The van der Waals surface area contributed by atoms with Gasteiger partial charge in [-0.25, -0.2) is 4.68 Å². The Kier molecular flexibility index (Phi) is 6.60. The highest BCUT2D eigenvalue weighted by Gasteiger charge is 2.30. The fourth-order valence-corrected chi connectivity index (χ4v) is 3.13. The Morgan fingerprint density at radius 1 is 1.16 bits per heavy atom. The van der Waals surface area contributed by atoms with Gasteiger partial charge in [0.05, 0.1) is 23.4 Å². The molecule has 6 nitrogen and oxygen atoms in total. The van der Waals surface area contributed by atoms with Gasteiger partial charge in [0.1, 0.15) is 17.5 Å². The number of halogens is 3. The average molecular weight is 427 g/mol. The van der Waals surface area contributed by atoms with E-state index in [-0.39, 0.29) is 23.7 Å². The Morgan fingerprint density at radius 3 is 2.58 bits per heavy atom. The van der Waals surface area contributed by atoms with Crippen LogP contribution >= 0.6 is 0 Å². The van der Waals surface area contributed by atoms with Crippen molar-refractivity contribution in [3.8, 4) is 11.8 Å². The van der Waals surface area contributed by atoms with Gasteiger partial charge in [-0.3, -0.25) is 4.79 Å². The lowest BCUT2D eigenvalue weighted by Gasteiger charge is -2.09. The number of hydrogen-bond donors (Lipinski definition) is 2. The third kappa shape index (κ3) is 5.42. The van der Waals surface area contributed by atoms with Crippen LogP contribution in [0.4, 0.5) is 19.0 Å². The zero-order valence-corrected chi connectivity index (χ0v) is 16.5. The molecule has 0 atom stereocenters. The molecule has 0 fully saturated rings. The molecule has 9 heteroatoms. The van der Waals surface area contributed by atoms with Crippen LogP contribution in [0.3, 0.4) is 0 Å². The van der Waals surface area contributed by atoms with Crippen molar-refractivity contribution < 1.29 is 18.0 Å². The number of amides is 1. The van der Waals surface area contributed by atoms with E-state index in [9.17, 15) is 23.2 Å². The molecule has 0 aliphatic heterocycles. The monoisotopic (exact) mass is 427 g/mol. The second kappa shape index (κ2) is 9.34. The summed E-state index contributed by atoms with van der Waals surface area (Å²) < 4.78 is 39.8. The molecule has 0 saturated heterocycles. The molecule has 3 rings (SSSR count). The van der Waals surface area contributed by atoms with E-state index in [2.05, 4.69) is 16.5 Å². The first-order valence-corrected chi connectivity index (χ1v) is 9.55. The predicted molar refractivity (Wildman–Crippen MR) is 109 cm³/mol. The van der Waals surface area contributed by atoms with Gasteiger partial charge in [-0.15, -0.1) is 0 Å². The van der Waals surface area contributed by atoms with Gasteiger partial charge in [0.15, 0.2) is 0 Å². The van der Waals surface area contributed by atoms with Crippen molar-refractivity contribution in [2.75, 3.05) is 12.3 Å². The van der Waals surface area contributed by atoms with E-state index in [1.165, 1.54) is 16.8 Å². The summed E-state index contributed by atoms with van der Waals surface area (Å²) in [5, 5.41) is 16.5. The highest BCUT2D eigenvalue weighted by molar-refractivity contribution is 5.78. The highest BCUT2D eigenvalue weighted by Crippen LogP contribution is 2.29. The van der Waals surface area contributed by atoms with Gasteiger partial charge in [-0.2, -0.15) is 23.5 Å². The highest BCUT2D eigenvalue weighted by atomic mass is 19.4. The number of aryl methyl sites for hydroxylation is 1. The number of para-hydroxylation sites is 1. The van der Waals surface area contributed by atoms with Crippen LogP contribution in [0.2, 0.25) is 0 Å². The molecule has 1 aromatic heterocycles. The van der Waals surface area contributed by atoms with E-state index < -0.39 is 11.7 Å². The number of alkyl halides is 3. The molecule has 0 radical (unpaired) electrons. The van der Waals surface area contributed by atoms with Crippen LogP contribution < -0.4 is 11.1 Å². The summed E-state index contributed by atoms with van der Waals surface area (Å²) in [6.45, 7) is 0.292. The summed E-state index contributed by atoms with van der Waals surface area (Å²) in [7, 11) is 0. The minimum Gasteiger partial charge on any atom is -0.382 e. The van der Waals surface area contributed by atoms with Crippen LogP contribution in [0.25, 0.3) is 5.69 Å². The van der Waals surface area contributed by atoms with Crippen molar-refractivity contribution in [2.45, 2.75) is 25.4 Å². The molecular formula is C22H20F3N5O. The van der Waals surface area contributed by atoms with Gasteiger partial charge in [-0.1, -0.05) is 36.4 Å². The van der Waals surface area contributed by atoms with Gasteiger partial charge < -0.3 is 11.1 Å². The maximum absolute atomic E-state index is 12.8. The van der Waals surface area contributed by atoms with E-state index >= 15 is 0 Å². The van der Waals surface area contributed by atoms with Crippen molar-refractivity contribution in [1.29, 1.82) is 5.26 Å². The second-order valence-corrected chi connectivity index (χ2v) is 6.89. The van der Waals surface area contributed by atoms with E-state index in [1.807, 2.05) is 30.3 Å². The molecule has 3 aromatic rings. The molecule has 31 heavy (non-hydrogen) atoms. The number of carbonyl (C=O) groups is 1. The molecule has 2 aromatic carbocycles. The third-order valence-electron chi connectivity index (χ3n) is 4.64. The zero-order chi connectivity index (χ0) is 22.4. The molecule has 1 amide bonds. The molecule has 0 spiro atoms. The predicted octanol–water partition coefficient (Wildman–Crippen LogP) is 3.64. The number of nitrogens with one attached hydrogen (secondary N) is 1. The van der Waals surface area contributed by atoms with Crippen LogP contribution in [-0.2, 0) is 23.8 Å². The van der Waals surface area contributed by atoms with Crippen molar-refractivity contribution in [1.82, 2.24) is 15.1 Å². The van der Waals surface area contributed by atoms with Gasteiger partial charge in [0.2, 0.25) is 5.91 Å². The lowest BCUT2D eigenvalue weighted by molar-refractivity contribution is -0.137.